The maximum absolute atomic E-state index is 12.1. The van der Waals surface area contributed by atoms with E-state index in [9.17, 15) is 4.79 Å². The Balaban J connectivity index is 1.71. The second-order valence-corrected chi connectivity index (χ2v) is 4.97. The molecule has 1 aromatic rings. The quantitative estimate of drug-likeness (QED) is 0.811. The van der Waals surface area contributed by atoms with Gasteiger partial charge in [0.15, 0.2) is 0 Å². The molecule has 1 fully saturated rings. The summed E-state index contributed by atoms with van der Waals surface area (Å²) in [4.78, 5) is 20.1. The van der Waals surface area contributed by atoms with Gasteiger partial charge in [-0.3, -0.25) is 14.7 Å². The molecule has 0 bridgehead atoms. The van der Waals surface area contributed by atoms with E-state index in [1.807, 2.05) is 24.1 Å². The van der Waals surface area contributed by atoms with Crippen LogP contribution in [0.15, 0.2) is 24.5 Å². The van der Waals surface area contributed by atoms with Gasteiger partial charge in [-0.1, -0.05) is 0 Å². The van der Waals surface area contributed by atoms with Gasteiger partial charge in [-0.2, -0.15) is 0 Å². The molecule has 0 radical (unpaired) electrons. The van der Waals surface area contributed by atoms with Crippen LogP contribution in [0.1, 0.15) is 5.56 Å². The summed E-state index contributed by atoms with van der Waals surface area (Å²) < 4.78 is 0. The number of aromatic nitrogens is 1. The van der Waals surface area contributed by atoms with E-state index in [1.54, 1.807) is 12.4 Å². The number of likely N-dealkylation sites (N-methyl/N-ethyl adjacent to an activating group) is 1. The largest absolute Gasteiger partial charge is 0.339 e. The number of amides is 1. The van der Waals surface area contributed by atoms with Crippen LogP contribution in [0.5, 0.6) is 0 Å². The highest BCUT2D eigenvalue weighted by atomic mass is 16.2. The Bertz CT molecular complexity index is 390. The first-order valence-electron chi connectivity index (χ1n) is 6.81. The van der Waals surface area contributed by atoms with E-state index < -0.39 is 0 Å². The fourth-order valence-electron chi connectivity index (χ4n) is 2.19. The third kappa shape index (κ3) is 4.61. The highest BCUT2D eigenvalue weighted by Crippen LogP contribution is 2.00. The fourth-order valence-corrected chi connectivity index (χ4v) is 2.19. The maximum Gasteiger partial charge on any atom is 0.236 e. The molecule has 1 aromatic heterocycles. The van der Waals surface area contributed by atoms with Gasteiger partial charge in [0, 0.05) is 45.1 Å². The number of carbonyl (C=O) groups excluding carboxylic acids is 1. The fraction of sp³-hybridized carbons (Fsp3) is 0.571. The monoisotopic (exact) mass is 262 g/mol. The molecular formula is C14H22N4O. The highest BCUT2D eigenvalue weighted by molar-refractivity contribution is 5.78. The summed E-state index contributed by atoms with van der Waals surface area (Å²) in [6, 6.07) is 4.04. The minimum atomic E-state index is 0.235. The molecule has 1 aliphatic rings. The number of rotatable bonds is 5. The normalized spacial score (nSPS) is 15.8. The van der Waals surface area contributed by atoms with Crippen molar-refractivity contribution in [3.05, 3.63) is 30.1 Å². The van der Waals surface area contributed by atoms with Gasteiger partial charge in [-0.15, -0.1) is 0 Å². The highest BCUT2D eigenvalue weighted by Gasteiger charge is 2.17. The van der Waals surface area contributed by atoms with Crippen molar-refractivity contribution in [1.82, 2.24) is 20.1 Å². The zero-order valence-corrected chi connectivity index (χ0v) is 11.5. The zero-order valence-electron chi connectivity index (χ0n) is 11.5. The molecular weight excluding hydrogens is 240 g/mol. The van der Waals surface area contributed by atoms with Crippen LogP contribution in [0.3, 0.4) is 0 Å². The number of hydrogen-bond donors (Lipinski definition) is 1. The number of piperazine rings is 1. The maximum atomic E-state index is 12.1. The molecule has 2 rings (SSSR count). The first-order valence-corrected chi connectivity index (χ1v) is 6.81. The summed E-state index contributed by atoms with van der Waals surface area (Å²) in [6.07, 6.45) is 4.57. The SMILES string of the molecule is CN(CCc1ccncc1)CC(=O)N1CCNCC1. The Morgan fingerprint density at radius 1 is 1.37 bits per heavy atom. The third-order valence-corrected chi connectivity index (χ3v) is 3.41. The van der Waals surface area contributed by atoms with Crippen molar-refractivity contribution < 1.29 is 4.79 Å². The summed E-state index contributed by atoms with van der Waals surface area (Å²) in [7, 11) is 2.00. The molecule has 5 heteroatoms. The Kier molecular flexibility index (Phi) is 5.30. The smallest absolute Gasteiger partial charge is 0.236 e. The van der Waals surface area contributed by atoms with Crippen LogP contribution < -0.4 is 5.32 Å². The Labute approximate surface area is 114 Å². The van der Waals surface area contributed by atoms with Crippen molar-refractivity contribution in [1.29, 1.82) is 0 Å². The molecule has 0 aromatic carbocycles. The number of nitrogens with zero attached hydrogens (tertiary/aromatic N) is 3. The second-order valence-electron chi connectivity index (χ2n) is 4.97. The van der Waals surface area contributed by atoms with Gasteiger partial charge in [-0.25, -0.2) is 0 Å². The van der Waals surface area contributed by atoms with Crippen LogP contribution in [-0.2, 0) is 11.2 Å². The number of hydrogen-bond acceptors (Lipinski definition) is 4. The van der Waals surface area contributed by atoms with E-state index >= 15 is 0 Å². The van der Waals surface area contributed by atoms with E-state index in [-0.39, 0.29) is 5.91 Å². The molecule has 1 N–H and O–H groups in total. The van der Waals surface area contributed by atoms with E-state index in [4.69, 9.17) is 0 Å². The van der Waals surface area contributed by atoms with E-state index in [0.717, 1.165) is 39.1 Å². The zero-order chi connectivity index (χ0) is 13.5. The van der Waals surface area contributed by atoms with Crippen molar-refractivity contribution in [2.45, 2.75) is 6.42 Å². The molecule has 2 heterocycles. The van der Waals surface area contributed by atoms with Crippen LogP contribution in [0.4, 0.5) is 0 Å². The van der Waals surface area contributed by atoms with Crippen molar-refractivity contribution >= 4 is 5.91 Å². The molecule has 1 saturated heterocycles. The van der Waals surface area contributed by atoms with Gasteiger partial charge in [0.25, 0.3) is 0 Å². The lowest BCUT2D eigenvalue weighted by Crippen LogP contribution is -2.49. The van der Waals surface area contributed by atoms with E-state index in [0.29, 0.717) is 6.54 Å². The molecule has 104 valence electrons. The third-order valence-electron chi connectivity index (χ3n) is 3.41. The molecule has 0 saturated carbocycles. The van der Waals surface area contributed by atoms with Gasteiger partial charge in [0.2, 0.25) is 5.91 Å². The summed E-state index contributed by atoms with van der Waals surface area (Å²) in [6.45, 7) is 4.87. The minimum absolute atomic E-state index is 0.235. The predicted octanol–water partition coefficient (Wildman–Crippen LogP) is -0.0123. The Morgan fingerprint density at radius 3 is 2.74 bits per heavy atom. The summed E-state index contributed by atoms with van der Waals surface area (Å²) in [5, 5.41) is 3.26. The van der Waals surface area contributed by atoms with Gasteiger partial charge in [-0.05, 0) is 31.2 Å². The molecule has 1 amide bonds. The molecule has 0 aliphatic carbocycles. The van der Waals surface area contributed by atoms with E-state index in [1.165, 1.54) is 5.56 Å². The van der Waals surface area contributed by atoms with Crippen molar-refractivity contribution in [3.63, 3.8) is 0 Å². The first kappa shape index (κ1) is 14.0. The standard InChI is InChI=1S/C14H22N4O/c1-17(9-4-13-2-5-15-6-3-13)12-14(19)18-10-7-16-8-11-18/h2-3,5-6,16H,4,7-12H2,1H3. The average molecular weight is 262 g/mol. The second kappa shape index (κ2) is 7.21. The molecule has 19 heavy (non-hydrogen) atoms. The minimum Gasteiger partial charge on any atom is -0.339 e. The lowest BCUT2D eigenvalue weighted by molar-refractivity contribution is -0.132. The van der Waals surface area contributed by atoms with Crippen molar-refractivity contribution in [2.24, 2.45) is 0 Å². The van der Waals surface area contributed by atoms with Crippen LogP contribution >= 0.6 is 0 Å². The van der Waals surface area contributed by atoms with Gasteiger partial charge >= 0.3 is 0 Å². The predicted molar refractivity (Wildman–Crippen MR) is 74.9 cm³/mol. The molecule has 0 atom stereocenters. The number of nitrogens with one attached hydrogen (secondary N) is 1. The Morgan fingerprint density at radius 2 is 2.05 bits per heavy atom. The summed E-state index contributed by atoms with van der Waals surface area (Å²) in [5.41, 5.74) is 1.26. The number of pyridine rings is 1. The Hall–Kier alpha value is -1.46. The first-order chi connectivity index (χ1) is 9.25. The summed E-state index contributed by atoms with van der Waals surface area (Å²) in [5.74, 6) is 0.235. The van der Waals surface area contributed by atoms with Gasteiger partial charge in [0.1, 0.15) is 0 Å². The van der Waals surface area contributed by atoms with E-state index in [2.05, 4.69) is 15.2 Å². The summed E-state index contributed by atoms with van der Waals surface area (Å²) >= 11 is 0. The molecule has 5 nitrogen and oxygen atoms in total. The van der Waals surface area contributed by atoms with Crippen LogP contribution in [0.2, 0.25) is 0 Å². The molecule has 0 spiro atoms. The average Bonchev–Trinajstić information content (AvgIpc) is 2.47. The van der Waals surface area contributed by atoms with Gasteiger partial charge < -0.3 is 10.2 Å². The topological polar surface area (TPSA) is 48.5 Å². The van der Waals surface area contributed by atoms with Crippen molar-refractivity contribution in [3.8, 4) is 0 Å². The molecule has 1 aliphatic heterocycles. The van der Waals surface area contributed by atoms with Crippen LogP contribution in [-0.4, -0.2) is 67.0 Å². The van der Waals surface area contributed by atoms with Crippen LogP contribution in [0, 0.1) is 0 Å². The molecule has 0 unspecified atom stereocenters. The lowest BCUT2D eigenvalue weighted by Gasteiger charge is -2.29. The van der Waals surface area contributed by atoms with Gasteiger partial charge in [0.05, 0.1) is 6.54 Å². The van der Waals surface area contributed by atoms with Crippen LogP contribution in [0.25, 0.3) is 0 Å². The number of carbonyl (C=O) groups is 1. The lowest BCUT2D eigenvalue weighted by atomic mass is 10.2. The van der Waals surface area contributed by atoms with Crippen molar-refractivity contribution in [2.75, 3.05) is 46.3 Å².